The van der Waals surface area contributed by atoms with Crippen LogP contribution in [0.3, 0.4) is 0 Å². The minimum Gasteiger partial charge on any atom is -0.462 e. The predicted octanol–water partition coefficient (Wildman–Crippen LogP) is 3.75. The molecule has 3 rings (SSSR count). The zero-order valence-corrected chi connectivity index (χ0v) is 15.8. The van der Waals surface area contributed by atoms with Crippen molar-refractivity contribution in [3.8, 4) is 0 Å². The minimum atomic E-state index is -0.626. The Hall–Kier alpha value is -3.81. The summed E-state index contributed by atoms with van der Waals surface area (Å²) in [5, 5.41) is 10.7. The molecule has 0 amide bonds. The number of carbonyl (C=O) groups excluding carboxylic acids is 2. The van der Waals surface area contributed by atoms with Crippen LogP contribution in [-0.2, 0) is 14.3 Å². The van der Waals surface area contributed by atoms with E-state index in [9.17, 15) is 19.7 Å². The second-order valence-corrected chi connectivity index (χ2v) is 6.75. The van der Waals surface area contributed by atoms with Gasteiger partial charge >= 0.3 is 11.9 Å². The Labute approximate surface area is 166 Å². The summed E-state index contributed by atoms with van der Waals surface area (Å²) in [5.41, 5.74) is 1.55. The van der Waals surface area contributed by atoms with Crippen LogP contribution in [0, 0.1) is 16.0 Å². The van der Waals surface area contributed by atoms with Gasteiger partial charge in [-0.3, -0.25) is 10.1 Å². The lowest BCUT2D eigenvalue weighted by Gasteiger charge is -2.07. The minimum absolute atomic E-state index is 0.0681. The number of ether oxygens (including phenoxy) is 2. The van der Waals surface area contributed by atoms with E-state index >= 15 is 0 Å². The molecule has 8 nitrogen and oxygen atoms in total. The lowest BCUT2D eigenvalue weighted by atomic mass is 10.1. The van der Waals surface area contributed by atoms with E-state index in [1.54, 1.807) is 24.3 Å². The second kappa shape index (κ2) is 8.47. The summed E-state index contributed by atoms with van der Waals surface area (Å²) in [6.07, 6.45) is 1.53. The van der Waals surface area contributed by atoms with E-state index in [1.165, 1.54) is 30.3 Å². The van der Waals surface area contributed by atoms with Gasteiger partial charge in [0.05, 0.1) is 17.1 Å². The number of cyclic esters (lactones) is 1. The highest BCUT2D eigenvalue weighted by Gasteiger charge is 2.24. The van der Waals surface area contributed by atoms with Crippen LogP contribution in [0.5, 0.6) is 0 Å². The summed E-state index contributed by atoms with van der Waals surface area (Å²) in [6.45, 7) is 4.25. The van der Waals surface area contributed by atoms with E-state index < -0.39 is 16.9 Å². The van der Waals surface area contributed by atoms with Crippen molar-refractivity contribution in [1.29, 1.82) is 0 Å². The molecular weight excluding hydrogens is 376 g/mol. The Balaban J connectivity index is 1.75. The number of benzene rings is 2. The molecule has 0 radical (unpaired) electrons. The van der Waals surface area contributed by atoms with E-state index in [0.29, 0.717) is 23.3 Å². The van der Waals surface area contributed by atoms with E-state index in [2.05, 4.69) is 4.99 Å². The van der Waals surface area contributed by atoms with Crippen LogP contribution in [0.2, 0.25) is 0 Å². The number of aliphatic imine (C=N–C) groups is 1. The van der Waals surface area contributed by atoms with Gasteiger partial charge in [0.2, 0.25) is 5.90 Å². The first-order valence-electron chi connectivity index (χ1n) is 8.88. The van der Waals surface area contributed by atoms with Gasteiger partial charge < -0.3 is 9.47 Å². The molecule has 1 heterocycles. The van der Waals surface area contributed by atoms with Gasteiger partial charge in [-0.1, -0.05) is 26.0 Å². The van der Waals surface area contributed by atoms with E-state index in [1.807, 2.05) is 13.8 Å². The second-order valence-electron chi connectivity index (χ2n) is 6.75. The lowest BCUT2D eigenvalue weighted by Crippen LogP contribution is -2.10. The third-order valence-corrected chi connectivity index (χ3v) is 3.94. The fraction of sp³-hybridized carbons (Fsp3) is 0.190. The molecule has 148 valence electrons. The monoisotopic (exact) mass is 394 g/mol. The zero-order chi connectivity index (χ0) is 21.0. The molecule has 0 aromatic heterocycles. The van der Waals surface area contributed by atoms with Gasteiger partial charge in [0, 0.05) is 17.7 Å². The predicted molar refractivity (Wildman–Crippen MR) is 105 cm³/mol. The molecule has 0 atom stereocenters. The molecule has 0 spiro atoms. The molecule has 0 saturated heterocycles. The van der Waals surface area contributed by atoms with Gasteiger partial charge in [-0.2, -0.15) is 0 Å². The molecule has 0 N–H and O–H groups in total. The van der Waals surface area contributed by atoms with Gasteiger partial charge in [0.25, 0.3) is 5.69 Å². The topological polar surface area (TPSA) is 108 Å². The lowest BCUT2D eigenvalue weighted by molar-refractivity contribution is -0.384. The molecule has 1 aliphatic rings. The molecular formula is C21H18N2O6. The summed E-state index contributed by atoms with van der Waals surface area (Å²) in [6, 6.07) is 12.1. The van der Waals surface area contributed by atoms with Crippen molar-refractivity contribution in [3.63, 3.8) is 0 Å². The number of hydrogen-bond donors (Lipinski definition) is 0. The Bertz CT molecular complexity index is 1000. The fourth-order valence-electron chi connectivity index (χ4n) is 2.46. The highest BCUT2D eigenvalue weighted by Crippen LogP contribution is 2.21. The molecule has 2 aromatic rings. The molecule has 8 heteroatoms. The van der Waals surface area contributed by atoms with Crippen LogP contribution in [0.1, 0.15) is 35.3 Å². The SMILES string of the molecule is CC(C)COC(=O)c1ccc(/C=C2\N=C(c3ccc([N+](=O)[O-])cc3)OC2=O)cc1. The van der Waals surface area contributed by atoms with Crippen molar-refractivity contribution in [1.82, 2.24) is 0 Å². The fourth-order valence-corrected chi connectivity index (χ4v) is 2.46. The number of hydrogen-bond acceptors (Lipinski definition) is 7. The Morgan fingerprint density at radius 3 is 2.41 bits per heavy atom. The molecule has 0 fully saturated rings. The molecule has 0 aliphatic carbocycles. The molecule has 29 heavy (non-hydrogen) atoms. The van der Waals surface area contributed by atoms with Crippen LogP contribution in [0.4, 0.5) is 5.69 Å². The van der Waals surface area contributed by atoms with Crippen molar-refractivity contribution >= 4 is 29.6 Å². The summed E-state index contributed by atoms with van der Waals surface area (Å²) >= 11 is 0. The normalized spacial score (nSPS) is 14.7. The van der Waals surface area contributed by atoms with Gasteiger partial charge in [-0.25, -0.2) is 14.6 Å². The molecule has 0 saturated carbocycles. The van der Waals surface area contributed by atoms with Crippen LogP contribution >= 0.6 is 0 Å². The van der Waals surface area contributed by atoms with Crippen LogP contribution in [0.25, 0.3) is 6.08 Å². The van der Waals surface area contributed by atoms with Gasteiger partial charge in [0.15, 0.2) is 5.70 Å². The maximum Gasteiger partial charge on any atom is 0.363 e. The number of esters is 2. The van der Waals surface area contributed by atoms with Crippen LogP contribution in [-0.4, -0.2) is 29.4 Å². The van der Waals surface area contributed by atoms with Crippen molar-refractivity contribution in [2.45, 2.75) is 13.8 Å². The highest BCUT2D eigenvalue weighted by atomic mass is 16.6. The molecule has 1 aliphatic heterocycles. The van der Waals surface area contributed by atoms with Gasteiger partial charge in [0.1, 0.15) is 0 Å². The number of carbonyl (C=O) groups is 2. The Kier molecular flexibility index (Phi) is 5.82. The quantitative estimate of drug-likeness (QED) is 0.319. The number of nitro groups is 1. The zero-order valence-electron chi connectivity index (χ0n) is 15.8. The number of nitro benzene ring substituents is 1. The van der Waals surface area contributed by atoms with E-state index in [-0.39, 0.29) is 23.2 Å². The third kappa shape index (κ3) is 4.92. The largest absolute Gasteiger partial charge is 0.462 e. The first kappa shape index (κ1) is 19.9. The standard InChI is InChI=1S/C21H18N2O6/c1-13(2)12-28-20(24)16-5-3-14(4-6-16)11-18-21(25)29-19(22-18)15-7-9-17(10-8-15)23(26)27/h3-11,13H,12H2,1-2H3/b18-11-. The van der Waals surface area contributed by atoms with Crippen molar-refractivity contribution in [2.24, 2.45) is 10.9 Å². The van der Waals surface area contributed by atoms with Crippen molar-refractivity contribution in [2.75, 3.05) is 6.61 Å². The smallest absolute Gasteiger partial charge is 0.363 e. The summed E-state index contributed by atoms with van der Waals surface area (Å²) in [7, 11) is 0. The first-order chi connectivity index (χ1) is 13.8. The van der Waals surface area contributed by atoms with Crippen LogP contribution < -0.4 is 0 Å². The summed E-state index contributed by atoms with van der Waals surface area (Å²) in [4.78, 5) is 38.4. The van der Waals surface area contributed by atoms with E-state index in [4.69, 9.17) is 9.47 Å². The molecule has 0 bridgehead atoms. The number of non-ortho nitro benzene ring substituents is 1. The van der Waals surface area contributed by atoms with Gasteiger partial charge in [-0.05, 0) is 41.8 Å². The Morgan fingerprint density at radius 2 is 1.83 bits per heavy atom. The number of rotatable bonds is 6. The maximum absolute atomic E-state index is 12.1. The van der Waals surface area contributed by atoms with Crippen LogP contribution in [0.15, 0.2) is 59.2 Å². The highest BCUT2D eigenvalue weighted by molar-refractivity contribution is 6.12. The summed E-state index contributed by atoms with van der Waals surface area (Å²) < 4.78 is 10.3. The molecule has 0 unspecified atom stereocenters. The first-order valence-corrected chi connectivity index (χ1v) is 8.88. The maximum atomic E-state index is 12.1. The Morgan fingerprint density at radius 1 is 1.17 bits per heavy atom. The average Bonchev–Trinajstić information content (AvgIpc) is 3.07. The summed E-state index contributed by atoms with van der Waals surface area (Å²) in [5.74, 6) is -0.709. The van der Waals surface area contributed by atoms with Gasteiger partial charge in [-0.15, -0.1) is 0 Å². The van der Waals surface area contributed by atoms with Crippen molar-refractivity contribution in [3.05, 3.63) is 81.0 Å². The van der Waals surface area contributed by atoms with Crippen molar-refractivity contribution < 1.29 is 24.0 Å². The number of nitrogens with zero attached hydrogens (tertiary/aromatic N) is 2. The third-order valence-electron chi connectivity index (χ3n) is 3.94. The molecule has 2 aromatic carbocycles. The van der Waals surface area contributed by atoms with E-state index in [0.717, 1.165) is 0 Å². The average molecular weight is 394 g/mol.